The fourth-order valence-electron chi connectivity index (χ4n) is 4.45. The Morgan fingerprint density at radius 1 is 1.03 bits per heavy atom. The maximum absolute atomic E-state index is 12.7. The predicted octanol–water partition coefficient (Wildman–Crippen LogP) is 2.32. The van der Waals surface area contributed by atoms with Crippen LogP contribution in [0.1, 0.15) is 51.0 Å². The lowest BCUT2D eigenvalue weighted by Gasteiger charge is -2.27. The van der Waals surface area contributed by atoms with E-state index in [4.69, 9.17) is 4.74 Å². The van der Waals surface area contributed by atoms with Crippen molar-refractivity contribution in [1.29, 1.82) is 0 Å². The molecule has 1 saturated carbocycles. The lowest BCUT2D eigenvalue weighted by Crippen LogP contribution is -2.51. The largest absolute Gasteiger partial charge is 0.497 e. The van der Waals surface area contributed by atoms with Crippen LogP contribution in [0.5, 0.6) is 5.75 Å². The summed E-state index contributed by atoms with van der Waals surface area (Å²) in [5.74, 6) is 0.650. The fourth-order valence-corrected chi connectivity index (χ4v) is 4.45. The first-order chi connectivity index (χ1) is 15.5. The van der Waals surface area contributed by atoms with E-state index < -0.39 is 12.1 Å². The third-order valence-corrected chi connectivity index (χ3v) is 6.52. The van der Waals surface area contributed by atoms with Crippen LogP contribution in [0, 0.1) is 0 Å². The minimum Gasteiger partial charge on any atom is -0.497 e. The third-order valence-electron chi connectivity index (χ3n) is 6.52. The number of nitrogens with one attached hydrogen (secondary N) is 2. The Labute approximate surface area is 190 Å². The van der Waals surface area contributed by atoms with Gasteiger partial charge in [-0.15, -0.1) is 0 Å². The van der Waals surface area contributed by atoms with Crippen LogP contribution in [-0.4, -0.2) is 73.0 Å². The van der Waals surface area contributed by atoms with Gasteiger partial charge in [-0.25, -0.2) is 4.79 Å². The maximum atomic E-state index is 12.7. The standard InChI is InChI=1S/C24H36N4O4/c1-18(23(30)26-24(31)25-20-6-3-4-7-20)27-14-5-15-28(17-16-27)22(29)13-10-19-8-11-21(32-2)12-9-19/h8-9,11-12,18,20H,3-7,10,13-17H2,1-2H3,(H2,25,26,30,31). The molecule has 8 nitrogen and oxygen atoms in total. The van der Waals surface area contributed by atoms with E-state index in [0.717, 1.165) is 50.0 Å². The van der Waals surface area contributed by atoms with Crippen LogP contribution >= 0.6 is 0 Å². The van der Waals surface area contributed by atoms with Crippen molar-refractivity contribution in [3.63, 3.8) is 0 Å². The number of aryl methyl sites for hydroxylation is 1. The lowest BCUT2D eigenvalue weighted by atomic mass is 10.1. The van der Waals surface area contributed by atoms with E-state index in [1.54, 1.807) is 7.11 Å². The topological polar surface area (TPSA) is 91.0 Å². The Morgan fingerprint density at radius 3 is 2.44 bits per heavy atom. The van der Waals surface area contributed by atoms with E-state index in [9.17, 15) is 14.4 Å². The summed E-state index contributed by atoms with van der Waals surface area (Å²) >= 11 is 0. The average Bonchev–Trinajstić information content (AvgIpc) is 3.18. The van der Waals surface area contributed by atoms with Gasteiger partial charge in [0.25, 0.3) is 0 Å². The molecule has 32 heavy (non-hydrogen) atoms. The second-order valence-electron chi connectivity index (χ2n) is 8.74. The smallest absolute Gasteiger partial charge is 0.321 e. The average molecular weight is 445 g/mol. The molecule has 1 heterocycles. The molecule has 1 aliphatic carbocycles. The molecule has 176 valence electrons. The third kappa shape index (κ3) is 6.95. The zero-order chi connectivity index (χ0) is 22.9. The number of carbonyl (C=O) groups excluding carboxylic acids is 3. The molecule has 2 aliphatic rings. The Kier molecular flexibility index (Phi) is 8.90. The van der Waals surface area contributed by atoms with Gasteiger partial charge < -0.3 is 15.0 Å². The van der Waals surface area contributed by atoms with Gasteiger partial charge in [0.05, 0.1) is 13.2 Å². The van der Waals surface area contributed by atoms with E-state index in [0.29, 0.717) is 32.5 Å². The molecule has 1 aromatic rings. The molecule has 0 radical (unpaired) electrons. The number of amides is 4. The first-order valence-corrected chi connectivity index (χ1v) is 11.7. The van der Waals surface area contributed by atoms with E-state index in [-0.39, 0.29) is 17.9 Å². The molecule has 0 bridgehead atoms. The molecule has 4 amide bonds. The zero-order valence-corrected chi connectivity index (χ0v) is 19.3. The van der Waals surface area contributed by atoms with Gasteiger partial charge in [-0.2, -0.15) is 0 Å². The second-order valence-corrected chi connectivity index (χ2v) is 8.74. The van der Waals surface area contributed by atoms with Crippen molar-refractivity contribution in [2.75, 3.05) is 33.3 Å². The van der Waals surface area contributed by atoms with Gasteiger partial charge in [-0.1, -0.05) is 25.0 Å². The van der Waals surface area contributed by atoms with Crippen LogP contribution in [0.25, 0.3) is 0 Å². The molecular weight excluding hydrogens is 408 g/mol. The Bertz CT molecular complexity index is 777. The predicted molar refractivity (Wildman–Crippen MR) is 122 cm³/mol. The van der Waals surface area contributed by atoms with Crippen molar-refractivity contribution in [3.05, 3.63) is 29.8 Å². The Balaban J connectivity index is 1.42. The minimum atomic E-state index is -0.418. The van der Waals surface area contributed by atoms with E-state index in [2.05, 4.69) is 15.5 Å². The number of hydrogen-bond acceptors (Lipinski definition) is 5. The van der Waals surface area contributed by atoms with Gasteiger partial charge in [0, 0.05) is 38.6 Å². The molecule has 3 rings (SSSR count). The number of carbonyl (C=O) groups is 3. The molecule has 1 aromatic carbocycles. The van der Waals surface area contributed by atoms with Gasteiger partial charge in [-0.3, -0.25) is 19.8 Å². The summed E-state index contributed by atoms with van der Waals surface area (Å²) in [7, 11) is 1.64. The quantitative estimate of drug-likeness (QED) is 0.674. The van der Waals surface area contributed by atoms with Crippen LogP contribution < -0.4 is 15.4 Å². The van der Waals surface area contributed by atoms with Gasteiger partial charge in [-0.05, 0) is 50.3 Å². The summed E-state index contributed by atoms with van der Waals surface area (Å²) < 4.78 is 5.17. The number of rotatable bonds is 7. The molecule has 1 aliphatic heterocycles. The van der Waals surface area contributed by atoms with E-state index >= 15 is 0 Å². The lowest BCUT2D eigenvalue weighted by molar-refractivity contribution is -0.131. The van der Waals surface area contributed by atoms with Gasteiger partial charge in [0.1, 0.15) is 5.75 Å². The highest BCUT2D eigenvalue weighted by Gasteiger charge is 2.27. The van der Waals surface area contributed by atoms with E-state index in [1.807, 2.05) is 36.1 Å². The highest BCUT2D eigenvalue weighted by atomic mass is 16.5. The van der Waals surface area contributed by atoms with Crippen molar-refractivity contribution in [1.82, 2.24) is 20.4 Å². The summed E-state index contributed by atoms with van der Waals surface area (Å²) in [5.41, 5.74) is 1.11. The van der Waals surface area contributed by atoms with Crippen LogP contribution in [0.4, 0.5) is 4.79 Å². The zero-order valence-electron chi connectivity index (χ0n) is 19.3. The summed E-state index contributed by atoms with van der Waals surface area (Å²) in [6.07, 6.45) is 6.16. The van der Waals surface area contributed by atoms with Gasteiger partial charge >= 0.3 is 6.03 Å². The summed E-state index contributed by atoms with van der Waals surface area (Å²) in [6, 6.07) is 7.14. The summed E-state index contributed by atoms with van der Waals surface area (Å²) in [6.45, 7) is 4.44. The molecule has 1 atom stereocenters. The van der Waals surface area contributed by atoms with Crippen LogP contribution in [0.2, 0.25) is 0 Å². The molecule has 0 aromatic heterocycles. The number of benzene rings is 1. The fraction of sp³-hybridized carbons (Fsp3) is 0.625. The summed E-state index contributed by atoms with van der Waals surface area (Å²) in [5, 5.41) is 5.37. The van der Waals surface area contributed by atoms with Crippen LogP contribution in [0.3, 0.4) is 0 Å². The number of methoxy groups -OCH3 is 1. The monoisotopic (exact) mass is 444 g/mol. The number of urea groups is 1. The van der Waals surface area contributed by atoms with Crippen molar-refractivity contribution in [2.24, 2.45) is 0 Å². The van der Waals surface area contributed by atoms with Crippen molar-refractivity contribution < 1.29 is 19.1 Å². The van der Waals surface area contributed by atoms with Crippen molar-refractivity contribution in [2.45, 2.75) is 64.0 Å². The SMILES string of the molecule is COc1ccc(CCC(=O)N2CCCN(C(C)C(=O)NC(=O)NC3CCCC3)CC2)cc1. The van der Waals surface area contributed by atoms with Crippen LogP contribution in [-0.2, 0) is 16.0 Å². The van der Waals surface area contributed by atoms with Crippen LogP contribution in [0.15, 0.2) is 24.3 Å². The van der Waals surface area contributed by atoms with Gasteiger partial charge in [0.15, 0.2) is 0 Å². The van der Waals surface area contributed by atoms with E-state index in [1.165, 1.54) is 0 Å². The first-order valence-electron chi connectivity index (χ1n) is 11.7. The maximum Gasteiger partial charge on any atom is 0.321 e. The van der Waals surface area contributed by atoms with Gasteiger partial charge in [0.2, 0.25) is 11.8 Å². The van der Waals surface area contributed by atoms with Crippen molar-refractivity contribution in [3.8, 4) is 5.75 Å². The minimum absolute atomic E-state index is 0.135. The Morgan fingerprint density at radius 2 is 1.75 bits per heavy atom. The highest BCUT2D eigenvalue weighted by molar-refractivity contribution is 5.96. The second kappa shape index (κ2) is 11.9. The number of imide groups is 1. The number of ether oxygens (including phenoxy) is 1. The molecule has 1 unspecified atom stereocenters. The molecule has 2 N–H and O–H groups in total. The summed E-state index contributed by atoms with van der Waals surface area (Å²) in [4.78, 5) is 41.3. The molecule has 2 fully saturated rings. The molecule has 0 spiro atoms. The van der Waals surface area contributed by atoms with Crippen molar-refractivity contribution >= 4 is 17.8 Å². The molecule has 8 heteroatoms. The number of hydrogen-bond donors (Lipinski definition) is 2. The number of nitrogens with zero attached hydrogens (tertiary/aromatic N) is 2. The molecule has 1 saturated heterocycles. The highest BCUT2D eigenvalue weighted by Crippen LogP contribution is 2.17. The first kappa shape index (κ1) is 24.0. The Hall–Kier alpha value is -2.61. The molecular formula is C24H36N4O4. The normalized spacial score (nSPS) is 18.6.